The van der Waals surface area contributed by atoms with Gasteiger partial charge < -0.3 is 0 Å². The zero-order valence-corrected chi connectivity index (χ0v) is 49.3. The molecule has 0 spiro atoms. The summed E-state index contributed by atoms with van der Waals surface area (Å²) in [5.74, 6) is 0.647. The Hall–Kier alpha value is -6.76. The maximum atomic E-state index is 2.32. The number of benzene rings is 8. The van der Waals surface area contributed by atoms with Gasteiger partial charge in [-0.25, -0.2) is 0 Å². The molecular formula is C74H94. The largest absolute Gasteiger partial charge is 0.0871 e. The number of aryl methyl sites for hydroxylation is 6. The topological polar surface area (TPSA) is 0 Å². The van der Waals surface area contributed by atoms with Crippen LogP contribution in [-0.2, 0) is 0 Å². The van der Waals surface area contributed by atoms with Crippen molar-refractivity contribution in [1.29, 1.82) is 0 Å². The van der Waals surface area contributed by atoms with Crippen molar-refractivity contribution in [1.82, 2.24) is 0 Å². The van der Waals surface area contributed by atoms with Crippen LogP contribution in [0.4, 0.5) is 0 Å². The minimum Gasteiger partial charge on any atom is -0.0871 e. The quantitative estimate of drug-likeness (QED) is 0.133. The van der Waals surface area contributed by atoms with Crippen molar-refractivity contribution in [2.75, 3.05) is 0 Å². The molecule has 0 nitrogen and oxygen atoms in total. The molecule has 0 atom stereocenters. The van der Waals surface area contributed by atoms with Gasteiger partial charge >= 0.3 is 0 Å². The summed E-state index contributed by atoms with van der Waals surface area (Å²) in [6.07, 6.45) is 10.2. The molecule has 0 saturated carbocycles. The van der Waals surface area contributed by atoms with Gasteiger partial charge in [0.05, 0.1) is 0 Å². The third kappa shape index (κ3) is 20.6. The summed E-state index contributed by atoms with van der Waals surface area (Å²) in [5.41, 5.74) is 24.7. The van der Waals surface area contributed by atoms with E-state index in [2.05, 4.69) is 311 Å². The fraction of sp³-hybridized carbons (Fsp3) is 0.297. The van der Waals surface area contributed by atoms with E-state index in [9.17, 15) is 0 Å². The van der Waals surface area contributed by atoms with Crippen molar-refractivity contribution >= 4 is 5.57 Å². The van der Waals surface area contributed by atoms with E-state index in [1.807, 2.05) is 13.8 Å². The number of hydrogen-bond acceptors (Lipinski definition) is 0. The third-order valence-electron chi connectivity index (χ3n) is 11.8. The van der Waals surface area contributed by atoms with Crippen molar-refractivity contribution in [3.05, 3.63) is 245 Å². The molecule has 8 aromatic carbocycles. The first-order valence-corrected chi connectivity index (χ1v) is 27.7. The van der Waals surface area contributed by atoms with Crippen LogP contribution in [0.1, 0.15) is 153 Å². The lowest BCUT2D eigenvalue weighted by Crippen LogP contribution is -1.91. The van der Waals surface area contributed by atoms with Gasteiger partial charge in [0.15, 0.2) is 0 Å². The van der Waals surface area contributed by atoms with Gasteiger partial charge in [-0.15, -0.1) is 0 Å². The highest BCUT2D eigenvalue weighted by Gasteiger charge is 2.12. The van der Waals surface area contributed by atoms with Crippen LogP contribution in [0.15, 0.2) is 200 Å². The van der Waals surface area contributed by atoms with Crippen molar-refractivity contribution in [3.63, 3.8) is 0 Å². The Bertz CT molecular complexity index is 2740. The highest BCUT2D eigenvalue weighted by atomic mass is 14.2. The van der Waals surface area contributed by atoms with Crippen molar-refractivity contribution in [3.8, 4) is 55.6 Å². The normalized spacial score (nSPS) is 10.3. The molecule has 0 heteroatoms. The number of rotatable bonds is 8. The molecule has 0 fully saturated rings. The predicted octanol–water partition coefficient (Wildman–Crippen LogP) is 23.6. The lowest BCUT2D eigenvalue weighted by Gasteiger charge is -2.14. The molecule has 0 heterocycles. The van der Waals surface area contributed by atoms with Gasteiger partial charge in [0.2, 0.25) is 0 Å². The van der Waals surface area contributed by atoms with Crippen LogP contribution >= 0.6 is 0 Å². The summed E-state index contributed by atoms with van der Waals surface area (Å²) >= 11 is 0. The zero-order chi connectivity index (χ0) is 55.0. The molecule has 0 aliphatic carbocycles. The van der Waals surface area contributed by atoms with Gasteiger partial charge in [0.1, 0.15) is 0 Å². The van der Waals surface area contributed by atoms with E-state index in [1.165, 1.54) is 125 Å². The smallest absolute Gasteiger partial charge is 0.0146 e. The molecule has 0 saturated heterocycles. The monoisotopic (exact) mass is 983 g/mol. The van der Waals surface area contributed by atoms with Crippen LogP contribution in [0.5, 0.6) is 0 Å². The third-order valence-corrected chi connectivity index (χ3v) is 11.8. The van der Waals surface area contributed by atoms with Gasteiger partial charge in [-0.05, 0) is 180 Å². The fourth-order valence-electron chi connectivity index (χ4n) is 8.14. The molecule has 0 bridgehead atoms. The van der Waals surface area contributed by atoms with Crippen molar-refractivity contribution < 1.29 is 0 Å². The minimum absolute atomic E-state index is 0.647. The molecular weight excluding hydrogens is 889 g/mol. The summed E-state index contributed by atoms with van der Waals surface area (Å²) in [7, 11) is 0. The fourth-order valence-corrected chi connectivity index (χ4v) is 8.14. The van der Waals surface area contributed by atoms with Crippen LogP contribution in [0, 0.1) is 41.5 Å². The van der Waals surface area contributed by atoms with Crippen molar-refractivity contribution in [2.45, 2.75) is 150 Å². The first-order chi connectivity index (χ1) is 35.7. The van der Waals surface area contributed by atoms with Crippen LogP contribution in [0.25, 0.3) is 61.2 Å². The first kappa shape index (κ1) is 63.4. The Balaban J connectivity index is 0.000000365. The SMILES string of the molecule is C/C=C\C(=C/C)c1ccc(C)c(-c2cc(-c3ccccc3)ccc2C)c1.CC.CCC.CCC.CCC.Cc1cc(C)cc(C(C)C)c1.Cc1ccc(-c2ccccc2)cc1-c1cc(-c2ccccc2)ccc1C. The van der Waals surface area contributed by atoms with Gasteiger partial charge in [-0.3, -0.25) is 0 Å². The lowest BCUT2D eigenvalue weighted by atomic mass is 9.90. The van der Waals surface area contributed by atoms with E-state index in [0.717, 1.165) is 0 Å². The van der Waals surface area contributed by atoms with E-state index in [-0.39, 0.29) is 0 Å². The Morgan fingerprint density at radius 1 is 0.365 bits per heavy atom. The second-order valence-electron chi connectivity index (χ2n) is 19.2. The second kappa shape index (κ2) is 35.4. The zero-order valence-electron chi connectivity index (χ0n) is 49.3. The molecule has 0 radical (unpaired) electrons. The number of allylic oxidation sites excluding steroid dienone is 4. The van der Waals surface area contributed by atoms with E-state index in [0.29, 0.717) is 5.92 Å². The maximum absolute atomic E-state index is 2.32. The lowest BCUT2D eigenvalue weighted by molar-refractivity contribution is 0.863. The Labute approximate surface area is 453 Å². The summed E-state index contributed by atoms with van der Waals surface area (Å²) in [6, 6.07) is 65.5. The molecule has 0 N–H and O–H groups in total. The van der Waals surface area contributed by atoms with E-state index in [4.69, 9.17) is 0 Å². The molecule has 0 aliphatic rings. The van der Waals surface area contributed by atoms with Crippen LogP contribution in [-0.4, -0.2) is 0 Å². The Morgan fingerprint density at radius 3 is 0.946 bits per heavy atom. The molecule has 8 rings (SSSR count). The summed E-state index contributed by atoms with van der Waals surface area (Å²) in [4.78, 5) is 0. The highest BCUT2D eigenvalue weighted by molar-refractivity contribution is 5.83. The molecule has 390 valence electrons. The number of hydrogen-bond donors (Lipinski definition) is 0. The van der Waals surface area contributed by atoms with Crippen LogP contribution in [0.2, 0.25) is 0 Å². The van der Waals surface area contributed by atoms with E-state index >= 15 is 0 Å². The summed E-state index contributed by atoms with van der Waals surface area (Å²) in [6.45, 7) is 38.4. The summed E-state index contributed by atoms with van der Waals surface area (Å²) < 4.78 is 0. The van der Waals surface area contributed by atoms with Gasteiger partial charge in [-0.1, -0.05) is 276 Å². The Kier molecular flexibility index (Phi) is 30.3. The van der Waals surface area contributed by atoms with Crippen molar-refractivity contribution in [2.24, 2.45) is 0 Å². The van der Waals surface area contributed by atoms with Crippen LogP contribution < -0.4 is 0 Å². The maximum Gasteiger partial charge on any atom is -0.0146 e. The molecule has 0 unspecified atom stereocenters. The molecule has 74 heavy (non-hydrogen) atoms. The molecule has 0 aliphatic heterocycles. The average molecular weight is 984 g/mol. The Morgan fingerprint density at radius 2 is 0.662 bits per heavy atom. The minimum atomic E-state index is 0.647. The van der Waals surface area contributed by atoms with Crippen LogP contribution in [0.3, 0.4) is 0 Å². The molecule has 0 aromatic heterocycles. The molecule has 8 aromatic rings. The standard InChI is InChI=1S/C26H22.C26H26.C11H16.3C3H8.C2H6/c1-19-13-15-23(21-9-5-3-6-10-21)17-25(19)26-18-24(16-14-20(26)2)22-11-7-4-8-12-22;1-5-10-21(6-2)23-15-13-19(3)25(17-23)26-18-24(16-14-20(26)4)22-11-8-7-9-12-22;1-8(2)11-6-9(3)5-10(4)7-11;3*1-3-2;1-2/h3-18H,1-2H3;5-18H,1-4H3;5-8H,1-4H3;3*3H2,1-2H3;1-2H3/b;10-5-,21-6+;;;;;. The van der Waals surface area contributed by atoms with E-state index in [1.54, 1.807) is 0 Å². The summed E-state index contributed by atoms with van der Waals surface area (Å²) in [5, 5.41) is 0. The first-order valence-electron chi connectivity index (χ1n) is 27.7. The van der Waals surface area contributed by atoms with Gasteiger partial charge in [0.25, 0.3) is 0 Å². The second-order valence-corrected chi connectivity index (χ2v) is 19.2. The van der Waals surface area contributed by atoms with E-state index < -0.39 is 0 Å². The van der Waals surface area contributed by atoms with Gasteiger partial charge in [0, 0.05) is 0 Å². The predicted molar refractivity (Wildman–Crippen MR) is 337 cm³/mol. The highest BCUT2D eigenvalue weighted by Crippen LogP contribution is 2.36. The molecule has 0 amide bonds. The average Bonchev–Trinajstić information content (AvgIpc) is 3.41. The van der Waals surface area contributed by atoms with Gasteiger partial charge in [-0.2, -0.15) is 0 Å².